The Morgan fingerprint density at radius 3 is 2.74 bits per heavy atom. The summed E-state index contributed by atoms with van der Waals surface area (Å²) in [7, 11) is 0. The van der Waals surface area contributed by atoms with Gasteiger partial charge >= 0.3 is 0 Å². The normalized spacial score (nSPS) is 10.4. The van der Waals surface area contributed by atoms with Gasteiger partial charge in [-0.25, -0.2) is 4.39 Å². The summed E-state index contributed by atoms with van der Waals surface area (Å²) in [5.41, 5.74) is 0.115. The first-order valence-electron chi connectivity index (χ1n) is 6.41. The molecule has 0 heterocycles. The highest BCUT2D eigenvalue weighted by atomic mass is 32.2. The Morgan fingerprint density at radius 1 is 1.32 bits per heavy atom. The molecule has 0 aliphatic rings. The van der Waals surface area contributed by atoms with E-state index in [-0.39, 0.29) is 17.2 Å². The molecular formula is C14H20FNO2S. The highest BCUT2D eigenvalue weighted by Gasteiger charge is 2.10. The second-order valence-corrected chi connectivity index (χ2v) is 5.31. The van der Waals surface area contributed by atoms with Crippen LogP contribution in [0.1, 0.15) is 36.0 Å². The van der Waals surface area contributed by atoms with E-state index in [2.05, 4.69) is 11.6 Å². The van der Waals surface area contributed by atoms with Crippen molar-refractivity contribution in [2.45, 2.75) is 25.7 Å². The number of benzene rings is 1. The van der Waals surface area contributed by atoms with Crippen LogP contribution in [0.4, 0.5) is 4.39 Å². The smallest absolute Gasteiger partial charge is 0.255 e. The van der Waals surface area contributed by atoms with Crippen LogP contribution in [-0.2, 0) is 0 Å². The lowest BCUT2D eigenvalue weighted by Crippen LogP contribution is -2.24. The molecule has 19 heavy (non-hydrogen) atoms. The summed E-state index contributed by atoms with van der Waals surface area (Å²) in [5, 5.41) is 12.2. The summed E-state index contributed by atoms with van der Waals surface area (Å²) in [6.45, 7) is 0.578. The Hall–Kier alpha value is -1.23. The van der Waals surface area contributed by atoms with E-state index in [0.29, 0.717) is 6.54 Å². The van der Waals surface area contributed by atoms with E-state index >= 15 is 0 Å². The van der Waals surface area contributed by atoms with Gasteiger partial charge in [0.2, 0.25) is 0 Å². The quantitative estimate of drug-likeness (QED) is 0.721. The molecule has 106 valence electrons. The summed E-state index contributed by atoms with van der Waals surface area (Å²) in [4.78, 5) is 11.7. The van der Waals surface area contributed by atoms with Crippen molar-refractivity contribution in [3.63, 3.8) is 0 Å². The second kappa shape index (κ2) is 8.80. The number of unbranched alkanes of at least 4 members (excludes halogenated alkanes) is 3. The molecule has 0 bridgehead atoms. The Bertz CT molecular complexity index is 412. The van der Waals surface area contributed by atoms with Gasteiger partial charge in [0.15, 0.2) is 0 Å². The van der Waals surface area contributed by atoms with Gasteiger partial charge in [-0.3, -0.25) is 4.79 Å². The van der Waals surface area contributed by atoms with E-state index in [1.807, 2.05) is 11.8 Å². The molecule has 0 unspecified atom stereocenters. The molecule has 0 atom stereocenters. The van der Waals surface area contributed by atoms with Crippen LogP contribution < -0.4 is 5.32 Å². The lowest BCUT2D eigenvalue weighted by Gasteiger charge is -2.06. The number of hydrogen-bond donors (Lipinski definition) is 2. The van der Waals surface area contributed by atoms with E-state index < -0.39 is 5.82 Å². The zero-order valence-corrected chi connectivity index (χ0v) is 11.9. The van der Waals surface area contributed by atoms with Crippen molar-refractivity contribution in [1.29, 1.82) is 0 Å². The molecule has 1 rings (SSSR count). The lowest BCUT2D eigenvalue weighted by atomic mass is 10.1. The third kappa shape index (κ3) is 5.96. The van der Waals surface area contributed by atoms with E-state index in [4.69, 9.17) is 0 Å². The fraction of sp³-hybridized carbons (Fsp3) is 0.500. The predicted octanol–water partition coefficient (Wildman–Crippen LogP) is 3.18. The zero-order valence-electron chi connectivity index (χ0n) is 11.1. The first-order chi connectivity index (χ1) is 9.15. The Balaban J connectivity index is 2.24. The van der Waals surface area contributed by atoms with Gasteiger partial charge in [-0.05, 0) is 37.0 Å². The molecule has 3 nitrogen and oxygen atoms in total. The number of halogens is 1. The van der Waals surface area contributed by atoms with E-state index in [1.165, 1.54) is 24.7 Å². The fourth-order valence-electron chi connectivity index (χ4n) is 1.72. The van der Waals surface area contributed by atoms with Gasteiger partial charge < -0.3 is 10.4 Å². The third-order valence-corrected chi connectivity index (χ3v) is 3.46. The highest BCUT2D eigenvalue weighted by molar-refractivity contribution is 7.98. The minimum atomic E-state index is -0.553. The minimum absolute atomic E-state index is 0.115. The Kier molecular flexibility index (Phi) is 7.33. The number of aromatic hydroxyl groups is 1. The van der Waals surface area contributed by atoms with Crippen molar-refractivity contribution >= 4 is 17.7 Å². The average Bonchev–Trinajstić information content (AvgIpc) is 2.37. The van der Waals surface area contributed by atoms with Crippen LogP contribution >= 0.6 is 11.8 Å². The molecule has 0 spiro atoms. The molecule has 0 aliphatic heterocycles. The SMILES string of the molecule is CSCCCCCCNC(=O)c1ccc(F)cc1O. The number of amides is 1. The monoisotopic (exact) mass is 285 g/mol. The summed E-state index contributed by atoms with van der Waals surface area (Å²) in [6, 6.07) is 3.40. The van der Waals surface area contributed by atoms with Gasteiger partial charge in [0, 0.05) is 12.6 Å². The molecule has 1 amide bonds. The maximum absolute atomic E-state index is 12.8. The lowest BCUT2D eigenvalue weighted by molar-refractivity contribution is 0.0950. The van der Waals surface area contributed by atoms with Crippen LogP contribution in [0.3, 0.4) is 0 Å². The van der Waals surface area contributed by atoms with E-state index in [9.17, 15) is 14.3 Å². The molecule has 1 aromatic carbocycles. The second-order valence-electron chi connectivity index (χ2n) is 4.32. The fourth-order valence-corrected chi connectivity index (χ4v) is 2.21. The van der Waals surface area contributed by atoms with E-state index in [0.717, 1.165) is 25.0 Å². The van der Waals surface area contributed by atoms with Gasteiger partial charge in [-0.15, -0.1) is 0 Å². The van der Waals surface area contributed by atoms with Crippen molar-refractivity contribution in [2.75, 3.05) is 18.6 Å². The molecule has 0 saturated carbocycles. The topological polar surface area (TPSA) is 49.3 Å². The number of carbonyl (C=O) groups excluding carboxylic acids is 1. The summed E-state index contributed by atoms with van der Waals surface area (Å²) < 4.78 is 12.8. The standard InChI is InChI=1S/C14H20FNO2S/c1-19-9-5-3-2-4-8-16-14(18)12-7-6-11(15)10-13(12)17/h6-7,10,17H,2-5,8-9H2,1H3,(H,16,18). The van der Waals surface area contributed by atoms with Crippen molar-refractivity contribution in [3.8, 4) is 5.75 Å². The van der Waals surface area contributed by atoms with Crippen LogP contribution in [0.2, 0.25) is 0 Å². The molecule has 0 saturated heterocycles. The molecule has 0 fully saturated rings. The van der Waals surface area contributed by atoms with Gasteiger partial charge in [-0.2, -0.15) is 11.8 Å². The minimum Gasteiger partial charge on any atom is -0.507 e. The molecular weight excluding hydrogens is 265 g/mol. The number of thioether (sulfide) groups is 1. The largest absolute Gasteiger partial charge is 0.507 e. The number of nitrogens with one attached hydrogen (secondary N) is 1. The predicted molar refractivity (Wildman–Crippen MR) is 77.2 cm³/mol. The van der Waals surface area contributed by atoms with Crippen molar-refractivity contribution in [2.24, 2.45) is 0 Å². The Labute approximate surface area is 117 Å². The number of carbonyl (C=O) groups is 1. The van der Waals surface area contributed by atoms with Crippen molar-refractivity contribution < 1.29 is 14.3 Å². The van der Waals surface area contributed by atoms with Gasteiger partial charge in [0.25, 0.3) is 5.91 Å². The maximum Gasteiger partial charge on any atom is 0.255 e. The summed E-state index contributed by atoms with van der Waals surface area (Å²) in [6.07, 6.45) is 6.46. The first-order valence-corrected chi connectivity index (χ1v) is 7.80. The maximum atomic E-state index is 12.8. The van der Waals surface area contributed by atoms with Gasteiger partial charge in [0.05, 0.1) is 5.56 Å². The van der Waals surface area contributed by atoms with Crippen LogP contribution in [0.5, 0.6) is 5.75 Å². The van der Waals surface area contributed by atoms with Crippen LogP contribution in [-0.4, -0.2) is 29.6 Å². The molecule has 5 heteroatoms. The van der Waals surface area contributed by atoms with Gasteiger partial charge in [0.1, 0.15) is 11.6 Å². The van der Waals surface area contributed by atoms with Crippen LogP contribution in [0.15, 0.2) is 18.2 Å². The first kappa shape index (κ1) is 15.8. The molecule has 2 N–H and O–H groups in total. The Morgan fingerprint density at radius 2 is 2.05 bits per heavy atom. The third-order valence-electron chi connectivity index (χ3n) is 2.77. The van der Waals surface area contributed by atoms with Crippen molar-refractivity contribution in [1.82, 2.24) is 5.32 Å². The van der Waals surface area contributed by atoms with Crippen LogP contribution in [0.25, 0.3) is 0 Å². The molecule has 0 aliphatic carbocycles. The summed E-state index contributed by atoms with van der Waals surface area (Å²) in [5.74, 6) is -0.0579. The highest BCUT2D eigenvalue weighted by Crippen LogP contribution is 2.17. The molecule has 0 aromatic heterocycles. The molecule has 1 aromatic rings. The van der Waals surface area contributed by atoms with Crippen molar-refractivity contribution in [3.05, 3.63) is 29.6 Å². The average molecular weight is 285 g/mol. The summed E-state index contributed by atoms with van der Waals surface area (Å²) >= 11 is 1.84. The number of rotatable bonds is 8. The zero-order chi connectivity index (χ0) is 14.1. The van der Waals surface area contributed by atoms with Gasteiger partial charge in [-0.1, -0.05) is 12.8 Å². The van der Waals surface area contributed by atoms with E-state index in [1.54, 1.807) is 0 Å². The van der Waals surface area contributed by atoms with Crippen LogP contribution in [0, 0.1) is 5.82 Å². The number of phenolic OH excluding ortho intramolecular Hbond substituents is 1. The molecule has 0 radical (unpaired) electrons. The number of phenols is 1. The number of hydrogen-bond acceptors (Lipinski definition) is 3.